The van der Waals surface area contributed by atoms with E-state index in [1.807, 2.05) is 6.07 Å². The second-order valence-electron chi connectivity index (χ2n) is 11.0. The van der Waals surface area contributed by atoms with Crippen LogP contribution in [0.1, 0.15) is 73.2 Å². The lowest BCUT2D eigenvalue weighted by Crippen LogP contribution is -2.49. The van der Waals surface area contributed by atoms with Gasteiger partial charge in [-0.2, -0.15) is 5.26 Å². The number of anilines is 2. The number of likely N-dealkylation sites (N-methyl/N-ethyl adjacent to an activating group) is 1. The predicted molar refractivity (Wildman–Crippen MR) is 142 cm³/mol. The van der Waals surface area contributed by atoms with Gasteiger partial charge in [-0.05, 0) is 75.1 Å². The molecule has 0 bridgehead atoms. The summed E-state index contributed by atoms with van der Waals surface area (Å²) in [6, 6.07) is 9.39. The number of imidazole rings is 1. The molecule has 2 saturated heterocycles. The minimum absolute atomic E-state index is 0.169. The lowest BCUT2D eigenvalue weighted by atomic mass is 9.80. The van der Waals surface area contributed by atoms with Crippen LogP contribution in [-0.4, -0.2) is 78.0 Å². The summed E-state index contributed by atoms with van der Waals surface area (Å²) in [7, 11) is 2.22. The number of benzene rings is 1. The largest absolute Gasteiger partial charge is 0.370 e. The molecule has 3 aliphatic rings. The van der Waals surface area contributed by atoms with Gasteiger partial charge in [-0.25, -0.2) is 4.98 Å². The Bertz CT molecular complexity index is 1080. The summed E-state index contributed by atoms with van der Waals surface area (Å²) < 4.78 is 0. The van der Waals surface area contributed by atoms with Crippen molar-refractivity contribution in [3.05, 3.63) is 41.5 Å². The molecular formula is C28H39N7O. The zero-order valence-electron chi connectivity index (χ0n) is 21.7. The summed E-state index contributed by atoms with van der Waals surface area (Å²) in [5.41, 5.74) is 3.53. The second-order valence-corrected chi connectivity index (χ2v) is 11.0. The number of carbonyl (C=O) groups is 1. The number of amides is 1. The molecule has 8 heteroatoms. The smallest absolute Gasteiger partial charge is 0.291 e. The molecule has 1 aromatic carbocycles. The van der Waals surface area contributed by atoms with E-state index in [0.29, 0.717) is 12.0 Å². The maximum Gasteiger partial charge on any atom is 0.291 e. The van der Waals surface area contributed by atoms with Crippen LogP contribution in [-0.2, 0) is 0 Å². The molecule has 0 spiro atoms. The summed E-state index contributed by atoms with van der Waals surface area (Å²) >= 11 is 0. The highest BCUT2D eigenvalue weighted by atomic mass is 16.2. The molecule has 3 fully saturated rings. The van der Waals surface area contributed by atoms with Gasteiger partial charge in [-0.3, -0.25) is 9.69 Å². The summed E-state index contributed by atoms with van der Waals surface area (Å²) in [5, 5.41) is 12.2. The van der Waals surface area contributed by atoms with Gasteiger partial charge in [0.05, 0.1) is 17.6 Å². The fourth-order valence-corrected chi connectivity index (χ4v) is 6.07. The molecule has 5 rings (SSSR count). The van der Waals surface area contributed by atoms with Crippen LogP contribution in [0.2, 0.25) is 0 Å². The number of nitriles is 1. The number of H-pyrrole nitrogens is 1. The summed E-state index contributed by atoms with van der Waals surface area (Å²) in [4.78, 5) is 27.4. The van der Waals surface area contributed by atoms with Crippen molar-refractivity contribution in [1.29, 1.82) is 5.26 Å². The summed E-state index contributed by atoms with van der Waals surface area (Å²) in [6.45, 7) is 9.02. The lowest BCUT2D eigenvalue weighted by molar-refractivity contribution is 0.0878. The van der Waals surface area contributed by atoms with E-state index >= 15 is 0 Å². The average molecular weight is 490 g/mol. The first-order valence-electron chi connectivity index (χ1n) is 13.6. The zero-order chi connectivity index (χ0) is 25.1. The van der Waals surface area contributed by atoms with E-state index in [-0.39, 0.29) is 17.4 Å². The highest BCUT2D eigenvalue weighted by Gasteiger charge is 2.29. The standard InChI is InChI=1S/C28H39N7O/c1-20-9-11-35(12-10-20)26-8-5-22(17-25(26)32-28(36)27-30-19-23(18-29)31-27)21-3-6-24(7-4-21)34-15-13-33(2)14-16-34/h5,8,17,19-21,24H,3-4,6-7,9-16H2,1-2H3,(H,30,31)(H,32,36). The van der Waals surface area contributed by atoms with Crippen LogP contribution < -0.4 is 10.2 Å². The van der Waals surface area contributed by atoms with Crippen molar-refractivity contribution < 1.29 is 4.79 Å². The van der Waals surface area contributed by atoms with Crippen molar-refractivity contribution in [2.24, 2.45) is 5.92 Å². The van der Waals surface area contributed by atoms with Crippen LogP contribution in [0.4, 0.5) is 11.4 Å². The second kappa shape index (κ2) is 11.0. The Kier molecular flexibility index (Phi) is 7.59. The molecule has 0 unspecified atom stereocenters. The monoisotopic (exact) mass is 489 g/mol. The van der Waals surface area contributed by atoms with Crippen LogP contribution in [0.15, 0.2) is 24.4 Å². The first-order valence-corrected chi connectivity index (χ1v) is 13.6. The first-order chi connectivity index (χ1) is 17.5. The third-order valence-corrected chi connectivity index (χ3v) is 8.53. The number of carbonyl (C=O) groups excluding carboxylic acids is 1. The van der Waals surface area contributed by atoms with Crippen molar-refractivity contribution >= 4 is 17.3 Å². The number of rotatable bonds is 5. The number of hydrogen-bond acceptors (Lipinski definition) is 6. The van der Waals surface area contributed by atoms with Gasteiger partial charge in [0, 0.05) is 45.3 Å². The van der Waals surface area contributed by atoms with Gasteiger partial charge in [-0.15, -0.1) is 0 Å². The Morgan fingerprint density at radius 3 is 2.44 bits per heavy atom. The van der Waals surface area contributed by atoms with Gasteiger partial charge < -0.3 is 20.1 Å². The maximum atomic E-state index is 13.0. The maximum absolute atomic E-state index is 13.0. The third-order valence-electron chi connectivity index (χ3n) is 8.53. The number of hydrogen-bond donors (Lipinski definition) is 2. The molecule has 0 atom stereocenters. The summed E-state index contributed by atoms with van der Waals surface area (Å²) in [6.07, 6.45) is 8.58. The average Bonchev–Trinajstić information content (AvgIpc) is 3.40. The Morgan fingerprint density at radius 2 is 1.78 bits per heavy atom. The highest BCUT2D eigenvalue weighted by Crippen LogP contribution is 2.39. The molecule has 8 nitrogen and oxygen atoms in total. The Balaban J connectivity index is 1.31. The molecule has 2 aromatic rings. The van der Waals surface area contributed by atoms with E-state index in [2.05, 4.69) is 62.2 Å². The van der Waals surface area contributed by atoms with E-state index in [4.69, 9.17) is 5.26 Å². The van der Waals surface area contributed by atoms with Gasteiger partial charge in [0.2, 0.25) is 0 Å². The van der Waals surface area contributed by atoms with Gasteiger partial charge in [0.25, 0.3) is 5.91 Å². The molecule has 1 amide bonds. The fourth-order valence-electron chi connectivity index (χ4n) is 6.07. The normalized spacial score (nSPS) is 24.4. The molecule has 1 aliphatic carbocycles. The van der Waals surface area contributed by atoms with Crippen LogP contribution in [0.3, 0.4) is 0 Å². The third kappa shape index (κ3) is 5.58. The van der Waals surface area contributed by atoms with Crippen LogP contribution in [0.5, 0.6) is 0 Å². The number of piperidine rings is 1. The molecule has 36 heavy (non-hydrogen) atoms. The van der Waals surface area contributed by atoms with Crippen molar-refractivity contribution in [2.75, 3.05) is 56.5 Å². The number of piperazine rings is 1. The van der Waals surface area contributed by atoms with Gasteiger partial charge in [0.15, 0.2) is 5.82 Å². The first kappa shape index (κ1) is 24.8. The number of aromatic amines is 1. The molecular weight excluding hydrogens is 450 g/mol. The molecule has 0 radical (unpaired) electrons. The van der Waals surface area contributed by atoms with E-state index in [1.54, 1.807) is 0 Å². The van der Waals surface area contributed by atoms with Gasteiger partial charge in [-0.1, -0.05) is 13.0 Å². The molecule has 1 saturated carbocycles. The summed E-state index contributed by atoms with van der Waals surface area (Å²) in [5.74, 6) is 1.12. The minimum atomic E-state index is -0.306. The molecule has 2 aliphatic heterocycles. The Labute approximate surface area is 214 Å². The van der Waals surface area contributed by atoms with Crippen LogP contribution >= 0.6 is 0 Å². The number of nitrogens with zero attached hydrogens (tertiary/aromatic N) is 5. The highest BCUT2D eigenvalue weighted by molar-refractivity contribution is 6.03. The fraction of sp³-hybridized carbons (Fsp3) is 0.607. The van der Waals surface area contributed by atoms with Gasteiger partial charge >= 0.3 is 0 Å². The van der Waals surface area contributed by atoms with E-state index in [1.165, 1.54) is 63.6 Å². The lowest BCUT2D eigenvalue weighted by Gasteiger charge is -2.41. The SMILES string of the molecule is CC1CCN(c2ccc(C3CCC(N4CCN(C)CC4)CC3)cc2NC(=O)c2ncc(C#N)[nH]2)CC1. The molecule has 1 aromatic heterocycles. The van der Waals surface area contributed by atoms with E-state index in [9.17, 15) is 4.79 Å². The Morgan fingerprint density at radius 1 is 1.06 bits per heavy atom. The molecule has 2 N–H and O–H groups in total. The van der Waals surface area contributed by atoms with Crippen molar-refractivity contribution in [3.8, 4) is 6.07 Å². The minimum Gasteiger partial charge on any atom is -0.370 e. The quantitative estimate of drug-likeness (QED) is 0.659. The zero-order valence-corrected chi connectivity index (χ0v) is 21.7. The molecule has 3 heterocycles. The number of aromatic nitrogens is 2. The van der Waals surface area contributed by atoms with Crippen molar-refractivity contribution in [3.63, 3.8) is 0 Å². The number of nitrogens with one attached hydrogen (secondary N) is 2. The van der Waals surface area contributed by atoms with E-state index < -0.39 is 0 Å². The van der Waals surface area contributed by atoms with E-state index in [0.717, 1.165) is 43.2 Å². The topological polar surface area (TPSA) is 91.3 Å². The molecule has 192 valence electrons. The van der Waals surface area contributed by atoms with Crippen molar-refractivity contribution in [2.45, 2.75) is 57.4 Å². The van der Waals surface area contributed by atoms with Crippen molar-refractivity contribution in [1.82, 2.24) is 19.8 Å². The van der Waals surface area contributed by atoms with Crippen LogP contribution in [0, 0.1) is 17.2 Å². The van der Waals surface area contributed by atoms with Gasteiger partial charge in [0.1, 0.15) is 11.8 Å². The Hall–Kier alpha value is -2.89. The predicted octanol–water partition coefficient (Wildman–Crippen LogP) is 4.04. The van der Waals surface area contributed by atoms with Crippen LogP contribution in [0.25, 0.3) is 0 Å².